The Morgan fingerprint density at radius 1 is 1.23 bits per heavy atom. The maximum atomic E-state index is 13.9. The Bertz CT molecular complexity index is 801. The Hall–Kier alpha value is -2.41. The first-order chi connectivity index (χ1) is 12.5. The van der Waals surface area contributed by atoms with Crippen molar-refractivity contribution in [2.45, 2.75) is 25.5 Å². The Kier molecular flexibility index (Phi) is 5.88. The first-order valence-corrected chi connectivity index (χ1v) is 9.07. The molecule has 0 saturated carbocycles. The molecule has 3 rings (SSSR count). The van der Waals surface area contributed by atoms with Crippen LogP contribution in [0.4, 0.5) is 14.9 Å². The molecular weight excluding hydrogens is 403 g/mol. The summed E-state index contributed by atoms with van der Waals surface area (Å²) in [6, 6.07) is 13.0. The van der Waals surface area contributed by atoms with Gasteiger partial charge < -0.3 is 10.1 Å². The molecule has 0 spiro atoms. The van der Waals surface area contributed by atoms with Crippen LogP contribution in [0.25, 0.3) is 0 Å². The third kappa shape index (κ3) is 4.40. The first kappa shape index (κ1) is 18.4. The van der Waals surface area contributed by atoms with Crippen molar-refractivity contribution >= 4 is 33.6 Å². The summed E-state index contributed by atoms with van der Waals surface area (Å²) in [7, 11) is 0. The normalized spacial score (nSPS) is 16.4. The maximum absolute atomic E-state index is 13.9. The minimum atomic E-state index is -0.665. The highest BCUT2D eigenvalue weighted by molar-refractivity contribution is 9.10. The molecular formula is C19H18BrFN2O3. The van der Waals surface area contributed by atoms with E-state index in [0.717, 1.165) is 5.56 Å². The van der Waals surface area contributed by atoms with Gasteiger partial charge in [0.15, 0.2) is 0 Å². The van der Waals surface area contributed by atoms with Gasteiger partial charge in [-0.25, -0.2) is 9.18 Å². The van der Waals surface area contributed by atoms with E-state index in [0.29, 0.717) is 23.9 Å². The lowest BCUT2D eigenvalue weighted by atomic mass is 10.2. The molecule has 2 amide bonds. The minimum absolute atomic E-state index is 0.0858. The predicted molar refractivity (Wildman–Crippen MR) is 99.1 cm³/mol. The van der Waals surface area contributed by atoms with Crippen LogP contribution in [0.5, 0.6) is 0 Å². The zero-order valence-electron chi connectivity index (χ0n) is 14.0. The number of likely N-dealkylation sites (tertiary alicyclic amines) is 1. The highest BCUT2D eigenvalue weighted by Crippen LogP contribution is 2.23. The van der Waals surface area contributed by atoms with E-state index in [-0.39, 0.29) is 12.3 Å². The molecule has 1 saturated heterocycles. The van der Waals surface area contributed by atoms with Crippen LogP contribution in [0.1, 0.15) is 18.4 Å². The van der Waals surface area contributed by atoms with Crippen LogP contribution in [-0.2, 0) is 16.1 Å². The molecule has 0 bridgehead atoms. The Balaban J connectivity index is 1.61. The third-order valence-electron chi connectivity index (χ3n) is 4.18. The molecule has 1 unspecified atom stereocenters. The van der Waals surface area contributed by atoms with Gasteiger partial charge in [0.2, 0.25) is 5.91 Å². The number of carbonyl (C=O) groups is 2. The van der Waals surface area contributed by atoms with Gasteiger partial charge in [-0.1, -0.05) is 46.3 Å². The van der Waals surface area contributed by atoms with E-state index < -0.39 is 23.9 Å². The maximum Gasteiger partial charge on any atom is 0.410 e. The number of rotatable bonds is 4. The fourth-order valence-electron chi connectivity index (χ4n) is 2.87. The second-order valence-electron chi connectivity index (χ2n) is 6.01. The van der Waals surface area contributed by atoms with E-state index in [2.05, 4.69) is 21.2 Å². The van der Waals surface area contributed by atoms with Gasteiger partial charge in [-0.15, -0.1) is 0 Å². The number of anilines is 1. The predicted octanol–water partition coefficient (Wildman–Crippen LogP) is 4.33. The van der Waals surface area contributed by atoms with Gasteiger partial charge in [0.05, 0.1) is 5.69 Å². The zero-order chi connectivity index (χ0) is 18.5. The standard InChI is InChI=1S/C19H18BrFN2O3/c20-14-8-9-16(15(21)11-14)22-18(24)17-7-4-10-23(17)19(25)26-12-13-5-2-1-3-6-13/h1-3,5-6,8-9,11,17H,4,7,10,12H2,(H,22,24). The van der Waals surface area contributed by atoms with E-state index >= 15 is 0 Å². The minimum Gasteiger partial charge on any atom is -0.445 e. The van der Waals surface area contributed by atoms with E-state index in [1.807, 2.05) is 30.3 Å². The SMILES string of the molecule is O=C(Nc1ccc(Br)cc1F)C1CCCN1C(=O)OCc1ccccc1. The molecule has 7 heteroatoms. The van der Waals surface area contributed by atoms with Crippen molar-refractivity contribution in [1.82, 2.24) is 4.90 Å². The molecule has 1 aliphatic heterocycles. The Labute approximate surface area is 159 Å². The van der Waals surface area contributed by atoms with Crippen molar-refractivity contribution in [2.24, 2.45) is 0 Å². The number of benzene rings is 2. The molecule has 1 atom stereocenters. The molecule has 1 fully saturated rings. The molecule has 136 valence electrons. The van der Waals surface area contributed by atoms with Crippen molar-refractivity contribution in [3.05, 3.63) is 64.4 Å². The van der Waals surface area contributed by atoms with E-state index in [4.69, 9.17) is 4.74 Å². The van der Waals surface area contributed by atoms with Gasteiger partial charge in [0.1, 0.15) is 18.5 Å². The van der Waals surface area contributed by atoms with Crippen molar-refractivity contribution in [2.75, 3.05) is 11.9 Å². The fraction of sp³-hybridized carbons (Fsp3) is 0.263. The first-order valence-electron chi connectivity index (χ1n) is 8.28. The van der Waals surface area contributed by atoms with Gasteiger partial charge >= 0.3 is 6.09 Å². The number of carbonyl (C=O) groups excluding carboxylic acids is 2. The second-order valence-corrected chi connectivity index (χ2v) is 6.92. The molecule has 26 heavy (non-hydrogen) atoms. The molecule has 1 aliphatic rings. The van der Waals surface area contributed by atoms with Crippen LogP contribution in [0.3, 0.4) is 0 Å². The smallest absolute Gasteiger partial charge is 0.410 e. The monoisotopic (exact) mass is 420 g/mol. The average molecular weight is 421 g/mol. The molecule has 0 radical (unpaired) electrons. The van der Waals surface area contributed by atoms with Gasteiger partial charge in [-0.3, -0.25) is 9.69 Å². The van der Waals surface area contributed by atoms with Crippen molar-refractivity contribution in [3.8, 4) is 0 Å². The number of ether oxygens (including phenoxy) is 1. The summed E-state index contributed by atoms with van der Waals surface area (Å²) in [5, 5.41) is 2.55. The quantitative estimate of drug-likeness (QED) is 0.800. The van der Waals surface area contributed by atoms with Crippen LogP contribution in [0.15, 0.2) is 53.0 Å². The zero-order valence-corrected chi connectivity index (χ0v) is 15.5. The second kappa shape index (κ2) is 8.31. The lowest BCUT2D eigenvalue weighted by Crippen LogP contribution is -2.43. The molecule has 1 heterocycles. The van der Waals surface area contributed by atoms with Crippen molar-refractivity contribution in [3.63, 3.8) is 0 Å². The summed E-state index contributed by atoms with van der Waals surface area (Å²) in [6.07, 6.45) is 0.675. The molecule has 5 nitrogen and oxygen atoms in total. The van der Waals surface area contributed by atoms with Crippen LogP contribution < -0.4 is 5.32 Å². The summed E-state index contributed by atoms with van der Waals surface area (Å²) in [6.45, 7) is 0.584. The van der Waals surface area contributed by atoms with E-state index in [1.165, 1.54) is 17.0 Å². The third-order valence-corrected chi connectivity index (χ3v) is 4.68. The van der Waals surface area contributed by atoms with Gasteiger partial charge in [0.25, 0.3) is 0 Å². The summed E-state index contributed by atoms with van der Waals surface area (Å²) >= 11 is 3.17. The number of nitrogens with one attached hydrogen (secondary N) is 1. The Morgan fingerprint density at radius 3 is 2.73 bits per heavy atom. The lowest BCUT2D eigenvalue weighted by molar-refractivity contribution is -0.120. The van der Waals surface area contributed by atoms with E-state index in [1.54, 1.807) is 6.07 Å². The fourth-order valence-corrected chi connectivity index (χ4v) is 3.20. The van der Waals surface area contributed by atoms with Crippen LogP contribution in [0, 0.1) is 5.82 Å². The highest BCUT2D eigenvalue weighted by Gasteiger charge is 2.35. The number of amides is 2. The largest absolute Gasteiger partial charge is 0.445 e. The molecule has 0 aromatic heterocycles. The summed E-state index contributed by atoms with van der Waals surface area (Å²) in [5.74, 6) is -0.954. The van der Waals surface area contributed by atoms with Gasteiger partial charge in [-0.2, -0.15) is 0 Å². The van der Waals surface area contributed by atoms with Crippen molar-refractivity contribution < 1.29 is 18.7 Å². The summed E-state index contributed by atoms with van der Waals surface area (Å²) in [4.78, 5) is 26.2. The molecule has 2 aromatic carbocycles. The summed E-state index contributed by atoms with van der Waals surface area (Å²) < 4.78 is 19.8. The lowest BCUT2D eigenvalue weighted by Gasteiger charge is -2.23. The average Bonchev–Trinajstić information content (AvgIpc) is 3.13. The van der Waals surface area contributed by atoms with E-state index in [9.17, 15) is 14.0 Å². The highest BCUT2D eigenvalue weighted by atomic mass is 79.9. The number of halogens is 2. The van der Waals surface area contributed by atoms with Crippen LogP contribution in [-0.4, -0.2) is 29.5 Å². The number of hydrogen-bond acceptors (Lipinski definition) is 3. The molecule has 0 aliphatic carbocycles. The van der Waals surface area contributed by atoms with Crippen LogP contribution >= 0.6 is 15.9 Å². The van der Waals surface area contributed by atoms with Crippen LogP contribution in [0.2, 0.25) is 0 Å². The molecule has 2 aromatic rings. The topological polar surface area (TPSA) is 58.6 Å². The van der Waals surface area contributed by atoms with Crippen molar-refractivity contribution in [1.29, 1.82) is 0 Å². The number of hydrogen-bond donors (Lipinski definition) is 1. The number of nitrogens with zero attached hydrogens (tertiary/aromatic N) is 1. The van der Waals surface area contributed by atoms with Gasteiger partial charge in [0, 0.05) is 11.0 Å². The molecule has 1 N–H and O–H groups in total. The Morgan fingerprint density at radius 2 is 2.00 bits per heavy atom. The summed E-state index contributed by atoms with van der Waals surface area (Å²) in [5.41, 5.74) is 0.959. The van der Waals surface area contributed by atoms with Gasteiger partial charge in [-0.05, 0) is 36.6 Å².